The van der Waals surface area contributed by atoms with Crippen LogP contribution in [-0.4, -0.2) is 7.11 Å². The third-order valence-electron chi connectivity index (χ3n) is 2.27. The molecule has 0 spiro atoms. The predicted octanol–water partition coefficient (Wildman–Crippen LogP) is 2.33. The van der Waals surface area contributed by atoms with Crippen LogP contribution in [0.2, 0.25) is 0 Å². The van der Waals surface area contributed by atoms with Gasteiger partial charge in [0.15, 0.2) is 0 Å². The van der Waals surface area contributed by atoms with Crippen LogP contribution in [0.15, 0.2) is 12.1 Å². The Bertz CT molecular complexity index is 305. The highest BCUT2D eigenvalue weighted by atomic mass is 16.5. The minimum atomic E-state index is 0.0876. The van der Waals surface area contributed by atoms with Gasteiger partial charge >= 0.3 is 0 Å². The third-order valence-corrected chi connectivity index (χ3v) is 2.27. The second-order valence-corrected chi connectivity index (χ2v) is 3.47. The first-order valence-electron chi connectivity index (χ1n) is 4.47. The Morgan fingerprint density at radius 2 is 1.85 bits per heavy atom. The van der Waals surface area contributed by atoms with E-state index in [1.165, 1.54) is 11.1 Å². The molecular formula is C11H17NO. The highest BCUT2D eigenvalue weighted by Crippen LogP contribution is 2.25. The first-order chi connectivity index (χ1) is 6.06. The normalized spacial score (nSPS) is 12.7. The van der Waals surface area contributed by atoms with Crippen molar-refractivity contribution in [2.75, 3.05) is 7.11 Å². The first-order valence-corrected chi connectivity index (χ1v) is 4.47. The van der Waals surface area contributed by atoms with Crippen molar-refractivity contribution < 1.29 is 4.74 Å². The molecule has 13 heavy (non-hydrogen) atoms. The van der Waals surface area contributed by atoms with Gasteiger partial charge in [-0.3, -0.25) is 0 Å². The highest BCUT2D eigenvalue weighted by Gasteiger charge is 2.07. The summed E-state index contributed by atoms with van der Waals surface area (Å²) in [4.78, 5) is 0. The van der Waals surface area contributed by atoms with Gasteiger partial charge in [0.1, 0.15) is 5.75 Å². The summed E-state index contributed by atoms with van der Waals surface area (Å²) in [6.45, 7) is 6.08. The van der Waals surface area contributed by atoms with Gasteiger partial charge in [-0.2, -0.15) is 0 Å². The monoisotopic (exact) mass is 179 g/mol. The molecular weight excluding hydrogens is 162 g/mol. The number of aryl methyl sites for hydroxylation is 2. The Morgan fingerprint density at radius 1 is 1.23 bits per heavy atom. The molecule has 0 bridgehead atoms. The first kappa shape index (κ1) is 10.1. The lowest BCUT2D eigenvalue weighted by Gasteiger charge is -2.13. The average Bonchev–Trinajstić information content (AvgIpc) is 2.07. The van der Waals surface area contributed by atoms with E-state index >= 15 is 0 Å². The summed E-state index contributed by atoms with van der Waals surface area (Å²) in [5.41, 5.74) is 9.36. The topological polar surface area (TPSA) is 35.2 Å². The maximum absolute atomic E-state index is 5.83. The van der Waals surface area contributed by atoms with Crippen LogP contribution in [0.1, 0.15) is 29.7 Å². The molecule has 0 saturated heterocycles. The molecule has 72 valence electrons. The lowest BCUT2D eigenvalue weighted by molar-refractivity contribution is 0.411. The fourth-order valence-electron chi connectivity index (χ4n) is 1.52. The Kier molecular flexibility index (Phi) is 2.94. The molecule has 0 radical (unpaired) electrons. The Labute approximate surface area is 79.7 Å². The number of methoxy groups -OCH3 is 1. The van der Waals surface area contributed by atoms with Crippen LogP contribution in [0.5, 0.6) is 5.75 Å². The lowest BCUT2D eigenvalue weighted by Crippen LogP contribution is -2.07. The maximum atomic E-state index is 5.83. The van der Waals surface area contributed by atoms with Crippen LogP contribution in [0.3, 0.4) is 0 Å². The Balaban J connectivity index is 3.20. The maximum Gasteiger partial charge on any atom is 0.122 e. The molecule has 2 N–H and O–H groups in total. The van der Waals surface area contributed by atoms with E-state index in [1.807, 2.05) is 19.9 Å². The van der Waals surface area contributed by atoms with Gasteiger partial charge < -0.3 is 10.5 Å². The van der Waals surface area contributed by atoms with Crippen molar-refractivity contribution in [3.05, 3.63) is 28.8 Å². The molecule has 0 fully saturated rings. The zero-order valence-electron chi connectivity index (χ0n) is 8.72. The van der Waals surface area contributed by atoms with Crippen LogP contribution < -0.4 is 10.5 Å². The molecule has 0 aliphatic heterocycles. The van der Waals surface area contributed by atoms with Crippen LogP contribution in [-0.2, 0) is 0 Å². The van der Waals surface area contributed by atoms with E-state index in [0.717, 1.165) is 11.3 Å². The third kappa shape index (κ3) is 2.01. The zero-order valence-corrected chi connectivity index (χ0v) is 8.72. The molecule has 1 atom stereocenters. The fraction of sp³-hybridized carbons (Fsp3) is 0.455. The van der Waals surface area contributed by atoms with E-state index in [0.29, 0.717) is 0 Å². The fourth-order valence-corrected chi connectivity index (χ4v) is 1.52. The molecule has 1 rings (SSSR count). The van der Waals surface area contributed by atoms with Crippen LogP contribution >= 0.6 is 0 Å². The largest absolute Gasteiger partial charge is 0.496 e. The van der Waals surface area contributed by atoms with E-state index in [1.54, 1.807) is 7.11 Å². The zero-order chi connectivity index (χ0) is 10.0. The molecule has 0 amide bonds. The Hall–Kier alpha value is -1.02. The molecule has 0 aliphatic carbocycles. The predicted molar refractivity (Wildman–Crippen MR) is 55.1 cm³/mol. The smallest absolute Gasteiger partial charge is 0.122 e. The van der Waals surface area contributed by atoms with Crippen LogP contribution in [0.4, 0.5) is 0 Å². The number of hydrogen-bond acceptors (Lipinski definition) is 2. The second-order valence-electron chi connectivity index (χ2n) is 3.47. The SMILES string of the molecule is COc1cc(C)c(C(C)N)cc1C. The molecule has 1 aromatic carbocycles. The number of rotatable bonds is 2. The van der Waals surface area contributed by atoms with Crippen LogP contribution in [0, 0.1) is 13.8 Å². The summed E-state index contributed by atoms with van der Waals surface area (Å²) >= 11 is 0. The summed E-state index contributed by atoms with van der Waals surface area (Å²) in [6.07, 6.45) is 0. The summed E-state index contributed by atoms with van der Waals surface area (Å²) < 4.78 is 5.22. The van der Waals surface area contributed by atoms with E-state index < -0.39 is 0 Å². The number of hydrogen-bond donors (Lipinski definition) is 1. The highest BCUT2D eigenvalue weighted by molar-refractivity contribution is 5.42. The number of benzene rings is 1. The molecule has 0 aromatic heterocycles. The quantitative estimate of drug-likeness (QED) is 0.756. The van der Waals surface area contributed by atoms with E-state index in [9.17, 15) is 0 Å². The van der Waals surface area contributed by atoms with E-state index in [4.69, 9.17) is 10.5 Å². The van der Waals surface area contributed by atoms with Crippen molar-refractivity contribution in [1.82, 2.24) is 0 Å². The Morgan fingerprint density at radius 3 is 2.31 bits per heavy atom. The van der Waals surface area contributed by atoms with Gasteiger partial charge in [-0.1, -0.05) is 6.07 Å². The summed E-state index contributed by atoms with van der Waals surface area (Å²) in [5.74, 6) is 0.932. The van der Waals surface area contributed by atoms with Gasteiger partial charge in [0.25, 0.3) is 0 Å². The molecule has 2 nitrogen and oxygen atoms in total. The van der Waals surface area contributed by atoms with Crippen molar-refractivity contribution in [1.29, 1.82) is 0 Å². The lowest BCUT2D eigenvalue weighted by atomic mass is 10.00. The van der Waals surface area contributed by atoms with Gasteiger partial charge in [0.2, 0.25) is 0 Å². The van der Waals surface area contributed by atoms with Gasteiger partial charge in [-0.25, -0.2) is 0 Å². The summed E-state index contributed by atoms with van der Waals surface area (Å²) in [7, 11) is 1.69. The minimum Gasteiger partial charge on any atom is -0.496 e. The molecule has 0 aliphatic rings. The summed E-state index contributed by atoms with van der Waals surface area (Å²) in [5, 5.41) is 0. The van der Waals surface area contributed by atoms with Crippen molar-refractivity contribution in [2.45, 2.75) is 26.8 Å². The van der Waals surface area contributed by atoms with Gasteiger partial charge in [-0.05, 0) is 43.5 Å². The minimum absolute atomic E-state index is 0.0876. The van der Waals surface area contributed by atoms with Crippen molar-refractivity contribution >= 4 is 0 Å². The number of ether oxygens (including phenoxy) is 1. The van der Waals surface area contributed by atoms with Crippen LogP contribution in [0.25, 0.3) is 0 Å². The molecule has 1 aromatic rings. The van der Waals surface area contributed by atoms with Crippen molar-refractivity contribution in [2.24, 2.45) is 5.73 Å². The second kappa shape index (κ2) is 3.79. The molecule has 1 unspecified atom stereocenters. The standard InChI is InChI=1S/C11H17NO/c1-7-6-11(13-4)8(2)5-10(7)9(3)12/h5-6,9H,12H2,1-4H3. The van der Waals surface area contributed by atoms with E-state index in [-0.39, 0.29) is 6.04 Å². The van der Waals surface area contributed by atoms with Gasteiger partial charge in [0.05, 0.1) is 7.11 Å². The van der Waals surface area contributed by atoms with Crippen molar-refractivity contribution in [3.8, 4) is 5.75 Å². The average molecular weight is 179 g/mol. The van der Waals surface area contributed by atoms with E-state index in [2.05, 4.69) is 13.0 Å². The number of nitrogens with two attached hydrogens (primary N) is 1. The summed E-state index contributed by atoms with van der Waals surface area (Å²) in [6, 6.07) is 4.22. The molecule has 0 heterocycles. The van der Waals surface area contributed by atoms with Gasteiger partial charge in [0, 0.05) is 6.04 Å². The molecule has 2 heteroatoms. The van der Waals surface area contributed by atoms with Crippen molar-refractivity contribution in [3.63, 3.8) is 0 Å². The van der Waals surface area contributed by atoms with Gasteiger partial charge in [-0.15, -0.1) is 0 Å². The molecule has 0 saturated carbocycles.